The Morgan fingerprint density at radius 3 is 2.27 bits per heavy atom. The van der Waals surface area contributed by atoms with E-state index < -0.39 is 0 Å². The number of rotatable bonds is 4. The lowest BCUT2D eigenvalue weighted by Crippen LogP contribution is -2.34. The van der Waals surface area contributed by atoms with Gasteiger partial charge in [-0.3, -0.25) is 0 Å². The molecule has 1 heterocycles. The van der Waals surface area contributed by atoms with E-state index in [1.807, 2.05) is 0 Å². The summed E-state index contributed by atoms with van der Waals surface area (Å²) in [6, 6.07) is 0. The van der Waals surface area contributed by atoms with Gasteiger partial charge in [-0.1, -0.05) is 20.3 Å². The van der Waals surface area contributed by atoms with Crippen LogP contribution < -0.4 is 5.73 Å². The molecule has 0 aromatic carbocycles. The summed E-state index contributed by atoms with van der Waals surface area (Å²) in [7, 11) is 0. The molecule has 2 nitrogen and oxygen atoms in total. The van der Waals surface area contributed by atoms with Crippen molar-refractivity contribution in [2.45, 2.75) is 33.1 Å². The van der Waals surface area contributed by atoms with E-state index in [-0.39, 0.29) is 0 Å². The van der Waals surface area contributed by atoms with Crippen molar-refractivity contribution in [3.05, 3.63) is 0 Å². The maximum absolute atomic E-state index is 5.84. The largest absolute Gasteiger partial charge is 0.330 e. The molecule has 3 atom stereocenters. The Morgan fingerprint density at radius 1 is 1.20 bits per heavy atom. The molecule has 0 radical (unpaired) electrons. The van der Waals surface area contributed by atoms with E-state index in [0.29, 0.717) is 5.92 Å². The van der Waals surface area contributed by atoms with E-state index in [4.69, 9.17) is 5.73 Å². The minimum Gasteiger partial charge on any atom is -0.330 e. The van der Waals surface area contributed by atoms with Gasteiger partial charge in [0.15, 0.2) is 0 Å². The van der Waals surface area contributed by atoms with Crippen molar-refractivity contribution in [2.24, 2.45) is 29.4 Å². The molecule has 0 aromatic heterocycles. The zero-order valence-corrected chi connectivity index (χ0v) is 10.3. The van der Waals surface area contributed by atoms with Gasteiger partial charge < -0.3 is 10.6 Å². The van der Waals surface area contributed by atoms with Gasteiger partial charge >= 0.3 is 0 Å². The van der Waals surface area contributed by atoms with Crippen LogP contribution in [0.1, 0.15) is 33.1 Å². The van der Waals surface area contributed by atoms with Gasteiger partial charge in [0.05, 0.1) is 0 Å². The second-order valence-electron chi connectivity index (χ2n) is 5.91. The number of fused-ring (bicyclic) bond motifs is 1. The lowest BCUT2D eigenvalue weighted by molar-refractivity contribution is 0.227. The third-order valence-electron chi connectivity index (χ3n) is 4.54. The predicted molar refractivity (Wildman–Crippen MR) is 64.7 cm³/mol. The fourth-order valence-corrected chi connectivity index (χ4v) is 3.37. The van der Waals surface area contributed by atoms with E-state index in [2.05, 4.69) is 18.7 Å². The Hall–Kier alpha value is -0.0800. The number of likely N-dealkylation sites (tertiary alicyclic amines) is 1. The van der Waals surface area contributed by atoms with Crippen LogP contribution in [0.2, 0.25) is 0 Å². The van der Waals surface area contributed by atoms with Gasteiger partial charge in [0, 0.05) is 19.6 Å². The van der Waals surface area contributed by atoms with E-state index in [1.165, 1.54) is 38.9 Å². The van der Waals surface area contributed by atoms with Crippen molar-refractivity contribution in [2.75, 3.05) is 26.2 Å². The summed E-state index contributed by atoms with van der Waals surface area (Å²) in [5.74, 6) is 3.48. The Morgan fingerprint density at radius 2 is 1.80 bits per heavy atom. The molecule has 2 fully saturated rings. The molecule has 2 heteroatoms. The molecule has 1 aliphatic carbocycles. The highest BCUT2D eigenvalue weighted by atomic mass is 15.2. The molecular weight excluding hydrogens is 184 g/mol. The van der Waals surface area contributed by atoms with E-state index in [0.717, 1.165) is 24.3 Å². The van der Waals surface area contributed by atoms with Crippen LogP contribution >= 0.6 is 0 Å². The summed E-state index contributed by atoms with van der Waals surface area (Å²) in [6.45, 7) is 9.40. The molecule has 2 aliphatic rings. The van der Waals surface area contributed by atoms with Crippen LogP contribution in [0.3, 0.4) is 0 Å². The van der Waals surface area contributed by atoms with Gasteiger partial charge in [0.25, 0.3) is 0 Å². The zero-order chi connectivity index (χ0) is 10.8. The Kier molecular flexibility index (Phi) is 3.68. The normalized spacial score (nSPS) is 33.6. The second kappa shape index (κ2) is 4.84. The third kappa shape index (κ3) is 2.54. The predicted octanol–water partition coefficient (Wildman–Crippen LogP) is 1.95. The summed E-state index contributed by atoms with van der Waals surface area (Å²) >= 11 is 0. The van der Waals surface area contributed by atoms with Crippen LogP contribution in [0.5, 0.6) is 0 Å². The topological polar surface area (TPSA) is 29.3 Å². The molecule has 0 aromatic rings. The highest BCUT2D eigenvalue weighted by Crippen LogP contribution is 2.38. The van der Waals surface area contributed by atoms with Crippen molar-refractivity contribution in [3.63, 3.8) is 0 Å². The Bertz CT molecular complexity index is 191. The average molecular weight is 210 g/mol. The summed E-state index contributed by atoms with van der Waals surface area (Å²) in [5, 5.41) is 0. The SMILES string of the molecule is CC(C)C(CN)CN1CC2CCCC2C1. The maximum Gasteiger partial charge on any atom is 0.00244 e. The highest BCUT2D eigenvalue weighted by molar-refractivity contribution is 4.89. The molecular formula is C13H26N2. The van der Waals surface area contributed by atoms with Gasteiger partial charge in [-0.15, -0.1) is 0 Å². The second-order valence-corrected chi connectivity index (χ2v) is 5.91. The minimum absolute atomic E-state index is 0.698. The van der Waals surface area contributed by atoms with Crippen LogP contribution in [0, 0.1) is 23.7 Å². The van der Waals surface area contributed by atoms with Crippen molar-refractivity contribution < 1.29 is 0 Å². The highest BCUT2D eigenvalue weighted by Gasteiger charge is 2.36. The minimum atomic E-state index is 0.698. The molecule has 2 N–H and O–H groups in total. The van der Waals surface area contributed by atoms with Gasteiger partial charge in [0.1, 0.15) is 0 Å². The van der Waals surface area contributed by atoms with Gasteiger partial charge in [-0.05, 0) is 43.1 Å². The lowest BCUT2D eigenvalue weighted by Gasteiger charge is -2.26. The zero-order valence-electron chi connectivity index (χ0n) is 10.3. The lowest BCUT2D eigenvalue weighted by atomic mass is 9.95. The average Bonchev–Trinajstić information content (AvgIpc) is 2.72. The molecule has 2 rings (SSSR count). The van der Waals surface area contributed by atoms with Crippen molar-refractivity contribution >= 4 is 0 Å². The quantitative estimate of drug-likeness (QED) is 0.768. The van der Waals surface area contributed by atoms with Crippen LogP contribution in [0.25, 0.3) is 0 Å². The molecule has 1 aliphatic heterocycles. The van der Waals surface area contributed by atoms with Gasteiger partial charge in [-0.25, -0.2) is 0 Å². The van der Waals surface area contributed by atoms with Gasteiger partial charge in [-0.2, -0.15) is 0 Å². The van der Waals surface area contributed by atoms with E-state index in [9.17, 15) is 0 Å². The standard InChI is InChI=1S/C13H26N2/c1-10(2)13(6-14)9-15-7-11-4-3-5-12(11)8-15/h10-13H,3-9,14H2,1-2H3. The molecule has 0 amide bonds. The Balaban J connectivity index is 1.81. The van der Waals surface area contributed by atoms with Crippen LogP contribution in [0.4, 0.5) is 0 Å². The first-order chi connectivity index (χ1) is 7.20. The third-order valence-corrected chi connectivity index (χ3v) is 4.54. The molecule has 0 spiro atoms. The molecule has 3 unspecified atom stereocenters. The summed E-state index contributed by atoms with van der Waals surface area (Å²) in [5.41, 5.74) is 5.84. The number of hydrogen-bond acceptors (Lipinski definition) is 2. The smallest absolute Gasteiger partial charge is 0.00244 e. The van der Waals surface area contributed by atoms with Crippen molar-refractivity contribution in [1.82, 2.24) is 4.90 Å². The van der Waals surface area contributed by atoms with Gasteiger partial charge in [0.2, 0.25) is 0 Å². The molecule has 1 saturated heterocycles. The van der Waals surface area contributed by atoms with E-state index >= 15 is 0 Å². The summed E-state index contributed by atoms with van der Waals surface area (Å²) < 4.78 is 0. The number of nitrogens with two attached hydrogens (primary N) is 1. The van der Waals surface area contributed by atoms with Crippen LogP contribution in [-0.2, 0) is 0 Å². The van der Waals surface area contributed by atoms with Crippen LogP contribution in [-0.4, -0.2) is 31.1 Å². The summed E-state index contributed by atoms with van der Waals surface area (Å²) in [4.78, 5) is 2.67. The molecule has 88 valence electrons. The first-order valence-corrected chi connectivity index (χ1v) is 6.63. The molecule has 0 bridgehead atoms. The maximum atomic E-state index is 5.84. The summed E-state index contributed by atoms with van der Waals surface area (Å²) in [6.07, 6.45) is 4.44. The molecule has 15 heavy (non-hydrogen) atoms. The fourth-order valence-electron chi connectivity index (χ4n) is 3.37. The Labute approximate surface area is 94.2 Å². The molecule has 1 saturated carbocycles. The first kappa shape index (κ1) is 11.4. The first-order valence-electron chi connectivity index (χ1n) is 6.63. The number of nitrogens with zero attached hydrogens (tertiary/aromatic N) is 1. The van der Waals surface area contributed by atoms with Crippen molar-refractivity contribution in [3.8, 4) is 0 Å². The van der Waals surface area contributed by atoms with E-state index in [1.54, 1.807) is 0 Å². The van der Waals surface area contributed by atoms with Crippen molar-refractivity contribution in [1.29, 1.82) is 0 Å². The van der Waals surface area contributed by atoms with Crippen LogP contribution in [0.15, 0.2) is 0 Å². The monoisotopic (exact) mass is 210 g/mol. The number of hydrogen-bond donors (Lipinski definition) is 1. The fraction of sp³-hybridized carbons (Fsp3) is 1.00.